The van der Waals surface area contributed by atoms with Crippen LogP contribution in [0, 0.1) is 0 Å². The molecule has 2 aromatic carbocycles. The first-order valence-corrected chi connectivity index (χ1v) is 9.44. The van der Waals surface area contributed by atoms with Gasteiger partial charge in [0.25, 0.3) is 0 Å². The predicted octanol–water partition coefficient (Wildman–Crippen LogP) is 3.75. The van der Waals surface area contributed by atoms with Gasteiger partial charge < -0.3 is 0 Å². The van der Waals surface area contributed by atoms with Gasteiger partial charge in [0.05, 0.1) is 0 Å². The van der Waals surface area contributed by atoms with E-state index < -0.39 is 0 Å². The molecular weight excluding hydrogens is 367 g/mol. The van der Waals surface area contributed by atoms with Crippen molar-refractivity contribution in [1.29, 1.82) is 0 Å². The van der Waals surface area contributed by atoms with Gasteiger partial charge in [0.1, 0.15) is 0 Å². The van der Waals surface area contributed by atoms with E-state index in [1.54, 1.807) is 0 Å². The second kappa shape index (κ2) is 7.47. The molecule has 0 spiro atoms. The third-order valence-electron chi connectivity index (χ3n) is 3.55. The molecule has 4 nitrogen and oxygen atoms in total. The topological polar surface area (TPSA) is 42.4 Å². The van der Waals surface area contributed by atoms with Crippen molar-refractivity contribution < 1.29 is 9.53 Å². The fourth-order valence-electron chi connectivity index (χ4n) is 2.34. The van der Waals surface area contributed by atoms with Gasteiger partial charge >= 0.3 is 147 Å². The van der Waals surface area contributed by atoms with Gasteiger partial charge in [-0.3, -0.25) is 0 Å². The van der Waals surface area contributed by atoms with Crippen LogP contribution in [0.1, 0.15) is 16.2 Å². The van der Waals surface area contributed by atoms with E-state index in [0.717, 1.165) is 21.6 Å². The van der Waals surface area contributed by atoms with Crippen LogP contribution in [0.2, 0.25) is 0 Å². The van der Waals surface area contributed by atoms with Gasteiger partial charge in [0, 0.05) is 0 Å². The average molecular weight is 385 g/mol. The molecule has 0 radical (unpaired) electrons. The number of nitrogens with zero attached hydrogens (tertiary/aromatic N) is 2. The van der Waals surface area contributed by atoms with E-state index in [9.17, 15) is 4.79 Å². The van der Waals surface area contributed by atoms with E-state index in [1.807, 2.05) is 79.5 Å². The molecule has 122 valence electrons. The predicted molar refractivity (Wildman–Crippen MR) is 97.1 cm³/mol. The Hall–Kier alpha value is -2.36. The van der Waals surface area contributed by atoms with Crippen LogP contribution in [0.15, 0.2) is 60.7 Å². The summed E-state index contributed by atoms with van der Waals surface area (Å²) in [6, 6.07) is 19.8. The molecule has 0 saturated heterocycles. The molecule has 0 N–H and O–H groups in total. The second-order valence-electron chi connectivity index (χ2n) is 5.16. The summed E-state index contributed by atoms with van der Waals surface area (Å²) in [7, 11) is 1.98. The Morgan fingerprint density at radius 1 is 1.08 bits per heavy atom. The van der Waals surface area contributed by atoms with Gasteiger partial charge in [-0.15, -0.1) is 0 Å². The number of benzene rings is 2. The second-order valence-corrected chi connectivity index (χ2v) is 7.21. The van der Waals surface area contributed by atoms with E-state index in [-0.39, 0.29) is 20.5 Å². The van der Waals surface area contributed by atoms with Gasteiger partial charge in [-0.1, -0.05) is 0 Å². The monoisotopic (exact) mass is 386 g/mol. The average Bonchev–Trinajstić information content (AvgIpc) is 3.08. The molecule has 24 heavy (non-hydrogen) atoms. The van der Waals surface area contributed by atoms with E-state index in [2.05, 4.69) is 0 Å². The summed E-state index contributed by atoms with van der Waals surface area (Å²) < 4.78 is 6.81. The number of aromatic nitrogens is 1. The Labute approximate surface area is 147 Å². The number of rotatable bonds is 5. The Bertz CT molecular complexity index is 816. The number of ether oxygens (including phenoxy) is 1. The van der Waals surface area contributed by atoms with Crippen LogP contribution in [0.3, 0.4) is 0 Å². The summed E-state index contributed by atoms with van der Waals surface area (Å²) in [5, 5.41) is 0. The summed E-state index contributed by atoms with van der Waals surface area (Å²) in [4.78, 5) is 19.2. The van der Waals surface area contributed by atoms with Crippen LogP contribution in [-0.2, 0) is 4.74 Å². The van der Waals surface area contributed by atoms with Gasteiger partial charge in [0.2, 0.25) is 0 Å². The van der Waals surface area contributed by atoms with Crippen molar-refractivity contribution in [2.75, 3.05) is 18.6 Å². The zero-order valence-electron chi connectivity index (χ0n) is 13.6. The Balaban J connectivity index is 2.05. The molecule has 0 amide bonds. The first-order valence-electron chi connectivity index (χ1n) is 7.73. The number of hydrogen-bond donors (Lipinski definition) is 0. The van der Waals surface area contributed by atoms with Crippen LogP contribution in [0.5, 0.6) is 0 Å². The summed E-state index contributed by atoms with van der Waals surface area (Å²) in [6.45, 7) is 2.19. The Morgan fingerprint density at radius 2 is 1.71 bits per heavy atom. The number of carbonyl (C=O) groups excluding carboxylic acids is 1. The molecule has 0 atom stereocenters. The Kier molecular flexibility index (Phi) is 5.14. The van der Waals surface area contributed by atoms with Crippen molar-refractivity contribution in [2.45, 2.75) is 6.92 Å². The number of esters is 1. The summed E-state index contributed by atoms with van der Waals surface area (Å²) in [5.74, 6) is -0.267. The number of hydrogen-bond acceptors (Lipinski definition) is 4. The molecule has 1 heterocycles. The molecule has 0 saturated carbocycles. The number of carbonyl (C=O) groups is 1. The zero-order valence-corrected chi connectivity index (χ0v) is 15.3. The van der Waals surface area contributed by atoms with E-state index in [1.165, 1.54) is 0 Å². The quantitative estimate of drug-likeness (QED) is 0.496. The fraction of sp³-hybridized carbons (Fsp3) is 0.158. The number of para-hydroxylation sites is 1. The SMILES string of the molecule is CCOC(=O)c1[se]c(N(C)c2ccccc2)nc1-c1ccccc1. The molecule has 0 bridgehead atoms. The first-order chi connectivity index (χ1) is 11.7. The van der Waals surface area contributed by atoms with Crippen LogP contribution in [0.4, 0.5) is 10.4 Å². The summed E-state index contributed by atoms with van der Waals surface area (Å²) >= 11 is -0.192. The van der Waals surface area contributed by atoms with E-state index in [4.69, 9.17) is 9.72 Å². The van der Waals surface area contributed by atoms with Crippen LogP contribution in [0.25, 0.3) is 11.3 Å². The first kappa shape index (κ1) is 16.5. The Morgan fingerprint density at radius 3 is 2.33 bits per heavy atom. The van der Waals surface area contributed by atoms with Crippen LogP contribution >= 0.6 is 0 Å². The molecule has 0 aliphatic rings. The summed E-state index contributed by atoms with van der Waals surface area (Å²) in [6.07, 6.45) is 0. The molecule has 0 fully saturated rings. The van der Waals surface area contributed by atoms with Crippen molar-refractivity contribution in [1.82, 2.24) is 4.98 Å². The molecule has 3 aromatic rings. The van der Waals surface area contributed by atoms with Gasteiger partial charge in [-0.05, 0) is 0 Å². The maximum absolute atomic E-state index is 12.4. The molecule has 0 aliphatic heterocycles. The molecule has 0 unspecified atom stereocenters. The third kappa shape index (κ3) is 3.42. The summed E-state index contributed by atoms with van der Waals surface area (Å²) in [5.41, 5.74) is 2.72. The minimum atomic E-state index is -0.267. The molecule has 3 rings (SSSR count). The van der Waals surface area contributed by atoms with Crippen LogP contribution in [-0.4, -0.2) is 39.1 Å². The minimum absolute atomic E-state index is 0.192. The van der Waals surface area contributed by atoms with Gasteiger partial charge in [0.15, 0.2) is 0 Å². The van der Waals surface area contributed by atoms with Crippen molar-refractivity contribution in [3.8, 4) is 11.3 Å². The normalized spacial score (nSPS) is 10.4. The zero-order chi connectivity index (χ0) is 16.9. The van der Waals surface area contributed by atoms with E-state index >= 15 is 0 Å². The van der Waals surface area contributed by atoms with Gasteiger partial charge in [-0.2, -0.15) is 0 Å². The van der Waals surface area contributed by atoms with Crippen molar-refractivity contribution in [3.63, 3.8) is 0 Å². The fourth-order valence-corrected chi connectivity index (χ4v) is 4.36. The van der Waals surface area contributed by atoms with E-state index in [0.29, 0.717) is 11.0 Å². The van der Waals surface area contributed by atoms with Crippen molar-refractivity contribution >= 4 is 30.9 Å². The number of anilines is 2. The van der Waals surface area contributed by atoms with Crippen LogP contribution < -0.4 is 4.90 Å². The molecule has 0 aliphatic carbocycles. The molecular formula is C19H18N2O2Se. The maximum atomic E-state index is 12.4. The van der Waals surface area contributed by atoms with Crippen molar-refractivity contribution in [3.05, 3.63) is 65.1 Å². The van der Waals surface area contributed by atoms with Crippen molar-refractivity contribution in [2.24, 2.45) is 0 Å². The standard InChI is InChI=1S/C19H18N2O2Se/c1-3-23-18(22)17-16(14-10-6-4-7-11-14)20-19(24-17)21(2)15-12-8-5-9-13-15/h4-13H,3H2,1-2H3. The third-order valence-corrected chi connectivity index (χ3v) is 5.89. The molecule has 5 heteroatoms. The molecule has 1 aromatic heterocycles. The van der Waals surface area contributed by atoms with Gasteiger partial charge in [-0.25, -0.2) is 0 Å².